The van der Waals surface area contributed by atoms with Gasteiger partial charge in [0.2, 0.25) is 0 Å². The van der Waals surface area contributed by atoms with Gasteiger partial charge in [-0.15, -0.1) is 0 Å². The third-order valence-electron chi connectivity index (χ3n) is 4.78. The van der Waals surface area contributed by atoms with Crippen molar-refractivity contribution in [3.63, 3.8) is 0 Å². The lowest BCUT2D eigenvalue weighted by Crippen LogP contribution is -2.35. The van der Waals surface area contributed by atoms with E-state index in [1.54, 1.807) is 18.2 Å². The Bertz CT molecular complexity index is 1080. The summed E-state index contributed by atoms with van der Waals surface area (Å²) >= 11 is 7.39. The molecule has 1 aliphatic rings. The molecule has 0 fully saturated rings. The number of nitrogens with zero attached hydrogens (tertiary/aromatic N) is 2. The first kappa shape index (κ1) is 20.4. The summed E-state index contributed by atoms with van der Waals surface area (Å²) in [6, 6.07) is 14.5. The molecule has 1 N–H and O–H groups in total. The maximum atomic E-state index is 12.7. The van der Waals surface area contributed by atoms with Gasteiger partial charge in [0.15, 0.2) is 11.7 Å². The predicted octanol–water partition coefficient (Wildman–Crippen LogP) is 4.32. The highest BCUT2D eigenvalue weighted by atomic mass is 35.5. The van der Waals surface area contributed by atoms with E-state index >= 15 is 0 Å². The van der Waals surface area contributed by atoms with Crippen LogP contribution >= 0.6 is 22.9 Å². The SMILES string of the molecule is Cc1cc(OCC(=O)Nc2nc3c(s2)CN(C(=O)c2ccccc2)CC3)ccc1Cl. The lowest BCUT2D eigenvalue weighted by Gasteiger charge is -2.26. The van der Waals surface area contributed by atoms with E-state index in [0.29, 0.717) is 41.0 Å². The van der Waals surface area contributed by atoms with E-state index in [9.17, 15) is 9.59 Å². The van der Waals surface area contributed by atoms with Crippen LogP contribution in [-0.4, -0.2) is 34.8 Å². The van der Waals surface area contributed by atoms with Crippen molar-refractivity contribution in [3.8, 4) is 5.75 Å². The van der Waals surface area contributed by atoms with E-state index in [1.165, 1.54) is 11.3 Å². The van der Waals surface area contributed by atoms with E-state index < -0.39 is 0 Å². The maximum Gasteiger partial charge on any atom is 0.264 e. The van der Waals surface area contributed by atoms with Crippen LogP contribution in [-0.2, 0) is 17.8 Å². The van der Waals surface area contributed by atoms with Gasteiger partial charge >= 0.3 is 0 Å². The number of rotatable bonds is 5. The highest BCUT2D eigenvalue weighted by molar-refractivity contribution is 7.15. The fourth-order valence-electron chi connectivity index (χ4n) is 3.20. The Morgan fingerprint density at radius 3 is 2.80 bits per heavy atom. The monoisotopic (exact) mass is 441 g/mol. The van der Waals surface area contributed by atoms with E-state index in [4.69, 9.17) is 16.3 Å². The van der Waals surface area contributed by atoms with Gasteiger partial charge in [-0.05, 0) is 42.8 Å². The molecular formula is C22H20ClN3O3S. The third-order valence-corrected chi connectivity index (χ3v) is 6.21. The van der Waals surface area contributed by atoms with Crippen molar-refractivity contribution in [2.24, 2.45) is 0 Å². The molecule has 1 aliphatic heterocycles. The second kappa shape index (κ2) is 8.85. The van der Waals surface area contributed by atoms with Gasteiger partial charge in [-0.25, -0.2) is 4.98 Å². The molecule has 0 spiro atoms. The molecule has 30 heavy (non-hydrogen) atoms. The molecule has 4 rings (SSSR count). The molecule has 2 amide bonds. The van der Waals surface area contributed by atoms with Gasteiger partial charge in [-0.2, -0.15) is 0 Å². The Morgan fingerprint density at radius 1 is 1.23 bits per heavy atom. The highest BCUT2D eigenvalue weighted by Gasteiger charge is 2.25. The first-order chi connectivity index (χ1) is 14.5. The van der Waals surface area contributed by atoms with E-state index in [-0.39, 0.29) is 18.4 Å². The largest absolute Gasteiger partial charge is 0.484 e. The van der Waals surface area contributed by atoms with Gasteiger partial charge in [-0.3, -0.25) is 14.9 Å². The van der Waals surface area contributed by atoms with E-state index in [1.807, 2.05) is 42.2 Å². The predicted molar refractivity (Wildman–Crippen MR) is 117 cm³/mol. The minimum Gasteiger partial charge on any atom is -0.484 e. The Kier molecular flexibility index (Phi) is 6.01. The Balaban J connectivity index is 1.35. The topological polar surface area (TPSA) is 71.5 Å². The van der Waals surface area contributed by atoms with Crippen LogP contribution in [0.1, 0.15) is 26.5 Å². The molecule has 154 valence electrons. The number of ether oxygens (including phenoxy) is 1. The first-order valence-corrected chi connectivity index (χ1v) is 10.7. The van der Waals surface area contributed by atoms with E-state index in [2.05, 4.69) is 10.3 Å². The zero-order valence-corrected chi connectivity index (χ0v) is 17.9. The number of aromatic nitrogens is 1. The van der Waals surface area contributed by atoms with Crippen molar-refractivity contribution in [3.05, 3.63) is 75.3 Å². The summed E-state index contributed by atoms with van der Waals surface area (Å²) in [5.41, 5.74) is 2.49. The van der Waals surface area contributed by atoms with Gasteiger partial charge in [0.25, 0.3) is 11.8 Å². The van der Waals surface area contributed by atoms with Gasteiger partial charge in [0.05, 0.1) is 12.2 Å². The standard InChI is InChI=1S/C22H20ClN3O3S/c1-14-11-16(7-8-17(14)23)29-13-20(27)25-22-24-18-9-10-26(12-19(18)30-22)21(28)15-5-3-2-4-6-15/h2-8,11H,9-10,12-13H2,1H3,(H,24,25,27). The quantitative estimate of drug-likeness (QED) is 0.640. The van der Waals surface area contributed by atoms with Crippen LogP contribution in [0.2, 0.25) is 5.02 Å². The fraction of sp³-hybridized carbons (Fsp3) is 0.227. The van der Waals surface area contributed by atoms with Crippen molar-refractivity contribution in [2.45, 2.75) is 19.9 Å². The maximum absolute atomic E-state index is 12.7. The van der Waals surface area contributed by atoms with Gasteiger partial charge in [0.1, 0.15) is 5.75 Å². The van der Waals surface area contributed by atoms with Gasteiger partial charge < -0.3 is 9.64 Å². The summed E-state index contributed by atoms with van der Waals surface area (Å²) < 4.78 is 5.53. The zero-order valence-electron chi connectivity index (χ0n) is 16.4. The summed E-state index contributed by atoms with van der Waals surface area (Å²) in [6.45, 7) is 2.86. The Labute approximate surface area is 183 Å². The number of aryl methyl sites for hydroxylation is 1. The minimum atomic E-state index is -0.286. The number of carbonyl (C=O) groups is 2. The number of benzene rings is 2. The summed E-state index contributed by atoms with van der Waals surface area (Å²) in [5.74, 6) is 0.304. The fourth-order valence-corrected chi connectivity index (χ4v) is 4.35. The molecule has 0 aliphatic carbocycles. The number of nitrogens with one attached hydrogen (secondary N) is 1. The average Bonchev–Trinajstić information content (AvgIpc) is 3.16. The first-order valence-electron chi connectivity index (χ1n) is 9.51. The van der Waals surface area contributed by atoms with Crippen LogP contribution in [0.5, 0.6) is 5.75 Å². The van der Waals surface area contributed by atoms with Crippen molar-refractivity contribution in [1.29, 1.82) is 0 Å². The smallest absolute Gasteiger partial charge is 0.264 e. The van der Waals surface area contributed by atoms with Crippen molar-refractivity contribution < 1.29 is 14.3 Å². The van der Waals surface area contributed by atoms with Crippen LogP contribution < -0.4 is 10.1 Å². The normalized spacial score (nSPS) is 12.9. The molecule has 1 aromatic heterocycles. The molecular weight excluding hydrogens is 422 g/mol. The number of amides is 2. The van der Waals surface area contributed by atoms with Crippen molar-refractivity contribution >= 4 is 39.9 Å². The van der Waals surface area contributed by atoms with Crippen LogP contribution in [0, 0.1) is 6.92 Å². The number of anilines is 1. The van der Waals surface area contributed by atoms with Gasteiger partial charge in [0, 0.05) is 28.4 Å². The molecule has 2 heterocycles. The molecule has 0 radical (unpaired) electrons. The molecule has 8 heteroatoms. The lowest BCUT2D eigenvalue weighted by molar-refractivity contribution is -0.118. The molecule has 0 atom stereocenters. The molecule has 2 aromatic carbocycles. The summed E-state index contributed by atoms with van der Waals surface area (Å²) in [7, 11) is 0. The Hall–Kier alpha value is -2.90. The number of hydrogen-bond donors (Lipinski definition) is 1. The third kappa shape index (κ3) is 4.63. The van der Waals surface area contributed by atoms with Crippen LogP contribution in [0.25, 0.3) is 0 Å². The summed E-state index contributed by atoms with van der Waals surface area (Å²) in [6.07, 6.45) is 0.667. The number of fused-ring (bicyclic) bond motifs is 1. The number of thiazole rings is 1. The molecule has 0 unspecified atom stereocenters. The minimum absolute atomic E-state index is 0.00638. The summed E-state index contributed by atoms with van der Waals surface area (Å²) in [4.78, 5) is 32.2. The van der Waals surface area contributed by atoms with Crippen LogP contribution in [0.15, 0.2) is 48.5 Å². The second-order valence-electron chi connectivity index (χ2n) is 6.98. The zero-order chi connectivity index (χ0) is 21.1. The van der Waals surface area contributed by atoms with Crippen molar-refractivity contribution in [1.82, 2.24) is 9.88 Å². The average molecular weight is 442 g/mol. The molecule has 0 saturated carbocycles. The van der Waals surface area contributed by atoms with E-state index in [0.717, 1.165) is 16.1 Å². The second-order valence-corrected chi connectivity index (χ2v) is 8.47. The van der Waals surface area contributed by atoms with Crippen LogP contribution in [0.3, 0.4) is 0 Å². The lowest BCUT2D eigenvalue weighted by atomic mass is 10.1. The molecule has 0 bridgehead atoms. The number of hydrogen-bond acceptors (Lipinski definition) is 5. The Morgan fingerprint density at radius 2 is 2.03 bits per heavy atom. The summed E-state index contributed by atoms with van der Waals surface area (Å²) in [5, 5.41) is 3.96. The molecule has 6 nitrogen and oxygen atoms in total. The molecule has 0 saturated heterocycles. The molecule has 3 aromatic rings. The number of halogens is 1. The van der Waals surface area contributed by atoms with Crippen LogP contribution in [0.4, 0.5) is 5.13 Å². The number of carbonyl (C=O) groups excluding carboxylic acids is 2. The highest BCUT2D eigenvalue weighted by Crippen LogP contribution is 2.29. The van der Waals surface area contributed by atoms with Gasteiger partial charge in [-0.1, -0.05) is 41.1 Å². The van der Waals surface area contributed by atoms with Crippen molar-refractivity contribution in [2.75, 3.05) is 18.5 Å².